The van der Waals surface area contributed by atoms with E-state index in [1.165, 1.54) is 4.79 Å². The first-order valence-corrected chi connectivity index (χ1v) is 3.19. The first-order chi connectivity index (χ1) is 5.20. The number of nitrogens with one attached hydrogen (secondary N) is 1. The maximum Gasteiger partial charge on any atom is 0.327 e. The summed E-state index contributed by atoms with van der Waals surface area (Å²) >= 11 is 0. The second kappa shape index (κ2) is 3.05. The van der Waals surface area contributed by atoms with Crippen LogP contribution in [0.15, 0.2) is 18.5 Å². The van der Waals surface area contributed by atoms with Crippen LogP contribution in [-0.4, -0.2) is 27.0 Å². The fraction of sp³-hybridized carbons (Fsp3) is 0.333. The van der Waals surface area contributed by atoms with Gasteiger partial charge in [0.15, 0.2) is 0 Å². The largest absolute Gasteiger partial charge is 0.480 e. The molecule has 11 heavy (non-hydrogen) atoms. The number of nitrogens with zero attached hydrogens (tertiary/aromatic N) is 2. The molecule has 5 heteroatoms. The molecule has 0 amide bonds. The first-order valence-electron chi connectivity index (χ1n) is 3.19. The molecule has 2 N–H and O–H groups in total. The molecule has 0 aliphatic carbocycles. The summed E-state index contributed by atoms with van der Waals surface area (Å²) in [6.45, 7) is 1.55. The first kappa shape index (κ1) is 7.59. The van der Waals surface area contributed by atoms with Crippen LogP contribution in [0.5, 0.6) is 0 Å². The second-order valence-electron chi connectivity index (χ2n) is 2.14. The van der Waals surface area contributed by atoms with Crippen LogP contribution >= 0.6 is 0 Å². The summed E-state index contributed by atoms with van der Waals surface area (Å²) in [7, 11) is 0. The van der Waals surface area contributed by atoms with Gasteiger partial charge in [-0.3, -0.25) is 5.43 Å². The van der Waals surface area contributed by atoms with E-state index in [1.54, 1.807) is 25.4 Å². The molecule has 1 atom stereocenters. The van der Waals surface area contributed by atoms with Gasteiger partial charge in [-0.15, -0.1) is 0 Å². The standard InChI is InChI=1S/C6H9N3O2/c1-5(6(10)11)8-9-4-2-3-7-9/h2-5,8H,1H3,(H,10,11)/t5-/m0/s1. The molecule has 0 saturated carbocycles. The Kier molecular flexibility index (Phi) is 2.10. The monoisotopic (exact) mass is 155 g/mol. The SMILES string of the molecule is C[C@H](Nn1cccn1)C(=O)O. The summed E-state index contributed by atoms with van der Waals surface area (Å²) in [6.07, 6.45) is 3.21. The number of aliphatic carboxylic acids is 1. The van der Waals surface area contributed by atoms with Gasteiger partial charge < -0.3 is 5.11 Å². The number of hydrogen-bond donors (Lipinski definition) is 2. The highest BCUT2D eigenvalue weighted by molar-refractivity contribution is 5.74. The van der Waals surface area contributed by atoms with E-state index in [0.717, 1.165) is 0 Å². The third kappa shape index (κ3) is 1.96. The zero-order valence-corrected chi connectivity index (χ0v) is 6.06. The van der Waals surface area contributed by atoms with E-state index in [9.17, 15) is 4.79 Å². The Morgan fingerprint density at radius 1 is 1.82 bits per heavy atom. The molecule has 60 valence electrons. The molecule has 0 aliphatic rings. The molecule has 0 radical (unpaired) electrons. The Morgan fingerprint density at radius 3 is 3.00 bits per heavy atom. The zero-order valence-electron chi connectivity index (χ0n) is 6.06. The van der Waals surface area contributed by atoms with E-state index in [1.807, 2.05) is 0 Å². The van der Waals surface area contributed by atoms with Gasteiger partial charge in [-0.25, -0.2) is 4.79 Å². The van der Waals surface area contributed by atoms with Gasteiger partial charge in [-0.05, 0) is 13.0 Å². The topological polar surface area (TPSA) is 67.2 Å². The van der Waals surface area contributed by atoms with Gasteiger partial charge >= 0.3 is 5.97 Å². The van der Waals surface area contributed by atoms with Crippen molar-refractivity contribution in [1.82, 2.24) is 9.89 Å². The predicted molar refractivity (Wildman–Crippen MR) is 38.7 cm³/mol. The van der Waals surface area contributed by atoms with Crippen molar-refractivity contribution >= 4 is 5.97 Å². The van der Waals surface area contributed by atoms with Crippen LogP contribution in [0.4, 0.5) is 0 Å². The van der Waals surface area contributed by atoms with Gasteiger partial charge in [0.2, 0.25) is 0 Å². The molecule has 5 nitrogen and oxygen atoms in total. The highest BCUT2D eigenvalue weighted by atomic mass is 16.4. The van der Waals surface area contributed by atoms with Gasteiger partial charge in [0.25, 0.3) is 0 Å². The maximum absolute atomic E-state index is 10.3. The second-order valence-corrected chi connectivity index (χ2v) is 2.14. The van der Waals surface area contributed by atoms with Crippen molar-refractivity contribution in [3.05, 3.63) is 18.5 Å². The Bertz CT molecular complexity index is 232. The number of carboxylic acid groups (broad SMARTS) is 1. The fourth-order valence-corrected chi connectivity index (χ4v) is 0.599. The highest BCUT2D eigenvalue weighted by Crippen LogP contribution is 1.85. The number of hydrogen-bond acceptors (Lipinski definition) is 3. The lowest BCUT2D eigenvalue weighted by atomic mass is 10.4. The minimum absolute atomic E-state index is 0.630. The van der Waals surface area contributed by atoms with E-state index in [0.29, 0.717) is 0 Å². The molecule has 0 unspecified atom stereocenters. The molecule has 1 aromatic rings. The van der Waals surface area contributed by atoms with Gasteiger partial charge in [0, 0.05) is 6.20 Å². The molecule has 0 spiro atoms. The molecule has 1 aromatic heterocycles. The Labute approximate surface area is 63.6 Å². The van der Waals surface area contributed by atoms with Crippen molar-refractivity contribution in [2.45, 2.75) is 13.0 Å². The summed E-state index contributed by atoms with van der Waals surface area (Å²) in [5, 5.41) is 12.3. The summed E-state index contributed by atoms with van der Waals surface area (Å²) < 4.78 is 0. The molecule has 0 fully saturated rings. The van der Waals surface area contributed by atoms with E-state index in [4.69, 9.17) is 5.11 Å². The minimum Gasteiger partial charge on any atom is -0.480 e. The number of carbonyl (C=O) groups is 1. The zero-order chi connectivity index (χ0) is 8.27. The van der Waals surface area contributed by atoms with E-state index in [2.05, 4.69) is 10.5 Å². The van der Waals surface area contributed by atoms with Crippen molar-refractivity contribution in [2.75, 3.05) is 5.43 Å². The summed E-state index contributed by atoms with van der Waals surface area (Å²) in [5.74, 6) is -0.902. The van der Waals surface area contributed by atoms with Gasteiger partial charge in [0.1, 0.15) is 6.04 Å². The smallest absolute Gasteiger partial charge is 0.327 e. The van der Waals surface area contributed by atoms with Crippen LogP contribution in [0, 0.1) is 0 Å². The Hall–Kier alpha value is -1.52. The molecular formula is C6H9N3O2. The molecule has 0 aliphatic heterocycles. The minimum atomic E-state index is -0.902. The lowest BCUT2D eigenvalue weighted by Crippen LogP contribution is -2.32. The maximum atomic E-state index is 10.3. The fourth-order valence-electron chi connectivity index (χ4n) is 0.599. The summed E-state index contributed by atoms with van der Waals surface area (Å²) in [6, 6.07) is 1.08. The molecule has 1 heterocycles. The average molecular weight is 155 g/mol. The quantitative estimate of drug-likeness (QED) is 0.639. The molecule has 0 aromatic carbocycles. The number of carboxylic acids is 1. The highest BCUT2D eigenvalue weighted by Gasteiger charge is 2.08. The third-order valence-corrected chi connectivity index (χ3v) is 1.20. The number of rotatable bonds is 3. The predicted octanol–water partition coefficient (Wildman–Crippen LogP) is -0.100. The van der Waals surface area contributed by atoms with Crippen LogP contribution in [0.2, 0.25) is 0 Å². The summed E-state index contributed by atoms with van der Waals surface area (Å²) in [4.78, 5) is 11.7. The third-order valence-electron chi connectivity index (χ3n) is 1.20. The average Bonchev–Trinajstić information content (AvgIpc) is 2.39. The van der Waals surface area contributed by atoms with Crippen LogP contribution in [0.1, 0.15) is 6.92 Å². The Morgan fingerprint density at radius 2 is 2.55 bits per heavy atom. The molecule has 0 bridgehead atoms. The van der Waals surface area contributed by atoms with E-state index >= 15 is 0 Å². The summed E-state index contributed by atoms with van der Waals surface area (Å²) in [5.41, 5.74) is 2.63. The van der Waals surface area contributed by atoms with Crippen molar-refractivity contribution in [2.24, 2.45) is 0 Å². The van der Waals surface area contributed by atoms with Crippen LogP contribution in [-0.2, 0) is 4.79 Å². The van der Waals surface area contributed by atoms with Crippen molar-refractivity contribution < 1.29 is 9.90 Å². The Balaban J connectivity index is 2.50. The molecular weight excluding hydrogens is 146 g/mol. The van der Waals surface area contributed by atoms with E-state index in [-0.39, 0.29) is 0 Å². The lowest BCUT2D eigenvalue weighted by Gasteiger charge is -2.09. The van der Waals surface area contributed by atoms with Crippen molar-refractivity contribution in [3.8, 4) is 0 Å². The van der Waals surface area contributed by atoms with Crippen LogP contribution in [0.3, 0.4) is 0 Å². The molecule has 0 saturated heterocycles. The van der Waals surface area contributed by atoms with E-state index < -0.39 is 12.0 Å². The van der Waals surface area contributed by atoms with Crippen LogP contribution in [0.25, 0.3) is 0 Å². The van der Waals surface area contributed by atoms with Crippen LogP contribution < -0.4 is 5.43 Å². The van der Waals surface area contributed by atoms with Gasteiger partial charge in [0.05, 0.1) is 6.20 Å². The number of aromatic nitrogens is 2. The lowest BCUT2D eigenvalue weighted by molar-refractivity contribution is -0.137. The normalized spacial score (nSPS) is 12.5. The van der Waals surface area contributed by atoms with Crippen molar-refractivity contribution in [3.63, 3.8) is 0 Å². The molecule has 1 rings (SSSR count). The van der Waals surface area contributed by atoms with Gasteiger partial charge in [-0.1, -0.05) is 0 Å². The van der Waals surface area contributed by atoms with Crippen molar-refractivity contribution in [1.29, 1.82) is 0 Å². The van der Waals surface area contributed by atoms with Gasteiger partial charge in [-0.2, -0.15) is 9.89 Å².